The van der Waals surface area contributed by atoms with Crippen LogP contribution in [-0.4, -0.2) is 29.1 Å². The lowest BCUT2D eigenvalue weighted by atomic mass is 10.2. The van der Waals surface area contributed by atoms with Gasteiger partial charge in [0.25, 0.3) is 0 Å². The molecule has 0 amide bonds. The Hall–Kier alpha value is -1.87. The highest BCUT2D eigenvalue weighted by atomic mass is 16.5. The average Bonchev–Trinajstić information content (AvgIpc) is 2.94. The first-order chi connectivity index (χ1) is 9.92. The number of nitrogens with zero attached hydrogens (tertiary/aromatic N) is 2. The zero-order valence-electron chi connectivity index (χ0n) is 11.6. The summed E-state index contributed by atoms with van der Waals surface area (Å²) in [5.74, 6) is 0.961. The minimum Gasteiger partial charge on any atom is -0.492 e. The van der Waals surface area contributed by atoms with Crippen LogP contribution in [0.1, 0.15) is 18.4 Å². The van der Waals surface area contributed by atoms with Gasteiger partial charge in [0.05, 0.1) is 0 Å². The summed E-state index contributed by atoms with van der Waals surface area (Å²) in [6.07, 6.45) is 6.20. The second-order valence-electron chi connectivity index (χ2n) is 5.25. The van der Waals surface area contributed by atoms with Crippen LogP contribution in [0.5, 0.6) is 5.75 Å². The summed E-state index contributed by atoms with van der Waals surface area (Å²) in [5.41, 5.74) is 1.33. The molecule has 1 aliphatic heterocycles. The summed E-state index contributed by atoms with van der Waals surface area (Å²) >= 11 is 0. The highest BCUT2D eigenvalue weighted by molar-refractivity contribution is 5.21. The molecule has 1 atom stereocenters. The second kappa shape index (κ2) is 6.53. The lowest BCUT2D eigenvalue weighted by molar-refractivity contribution is 0.167. The third-order valence-electron chi connectivity index (χ3n) is 3.82. The van der Waals surface area contributed by atoms with Crippen molar-refractivity contribution in [3.63, 3.8) is 0 Å². The van der Waals surface area contributed by atoms with E-state index in [9.17, 15) is 0 Å². The van der Waals surface area contributed by atoms with E-state index in [0.29, 0.717) is 6.04 Å². The maximum Gasteiger partial charge on any atom is 0.119 e. The highest BCUT2D eigenvalue weighted by Crippen LogP contribution is 2.21. The SMILES string of the molecule is c1ccc(OCC2CCCN2Cc2ccncc2)cc1. The van der Waals surface area contributed by atoms with Crippen molar-refractivity contribution in [2.45, 2.75) is 25.4 Å². The van der Waals surface area contributed by atoms with Crippen LogP contribution in [0.2, 0.25) is 0 Å². The van der Waals surface area contributed by atoms with E-state index < -0.39 is 0 Å². The Kier molecular flexibility index (Phi) is 4.28. The maximum absolute atomic E-state index is 5.90. The molecule has 0 spiro atoms. The van der Waals surface area contributed by atoms with E-state index in [1.807, 2.05) is 42.7 Å². The zero-order chi connectivity index (χ0) is 13.6. The first-order valence-corrected chi connectivity index (χ1v) is 7.22. The van der Waals surface area contributed by atoms with Crippen LogP contribution in [0, 0.1) is 0 Å². The van der Waals surface area contributed by atoms with Gasteiger partial charge in [0.2, 0.25) is 0 Å². The van der Waals surface area contributed by atoms with Gasteiger partial charge in [0.1, 0.15) is 12.4 Å². The molecule has 2 heterocycles. The zero-order valence-corrected chi connectivity index (χ0v) is 11.6. The van der Waals surface area contributed by atoms with E-state index in [1.165, 1.54) is 18.4 Å². The molecule has 3 heteroatoms. The van der Waals surface area contributed by atoms with Crippen LogP contribution in [0.3, 0.4) is 0 Å². The largest absolute Gasteiger partial charge is 0.492 e. The number of ether oxygens (including phenoxy) is 1. The number of aromatic nitrogens is 1. The molecule has 0 bridgehead atoms. The molecule has 0 saturated carbocycles. The van der Waals surface area contributed by atoms with Crippen molar-refractivity contribution in [2.75, 3.05) is 13.2 Å². The molecule has 1 saturated heterocycles. The fraction of sp³-hybridized carbons (Fsp3) is 0.353. The van der Waals surface area contributed by atoms with Gasteiger partial charge in [-0.15, -0.1) is 0 Å². The van der Waals surface area contributed by atoms with Gasteiger partial charge in [-0.2, -0.15) is 0 Å². The average molecular weight is 268 g/mol. The Labute approximate surface area is 120 Å². The topological polar surface area (TPSA) is 25.4 Å². The Balaban J connectivity index is 1.56. The van der Waals surface area contributed by atoms with Crippen molar-refractivity contribution in [1.29, 1.82) is 0 Å². The van der Waals surface area contributed by atoms with Crippen molar-refractivity contribution in [2.24, 2.45) is 0 Å². The van der Waals surface area contributed by atoms with E-state index in [0.717, 1.165) is 25.4 Å². The van der Waals surface area contributed by atoms with Crippen molar-refractivity contribution in [3.05, 3.63) is 60.4 Å². The number of likely N-dealkylation sites (tertiary alicyclic amines) is 1. The molecule has 1 fully saturated rings. The number of hydrogen-bond donors (Lipinski definition) is 0. The number of rotatable bonds is 5. The van der Waals surface area contributed by atoms with Crippen LogP contribution in [0.4, 0.5) is 0 Å². The highest BCUT2D eigenvalue weighted by Gasteiger charge is 2.24. The summed E-state index contributed by atoms with van der Waals surface area (Å²) in [4.78, 5) is 6.58. The molecule has 0 N–H and O–H groups in total. The van der Waals surface area contributed by atoms with E-state index in [4.69, 9.17) is 4.74 Å². The van der Waals surface area contributed by atoms with Crippen LogP contribution < -0.4 is 4.74 Å². The van der Waals surface area contributed by atoms with Gasteiger partial charge >= 0.3 is 0 Å². The van der Waals surface area contributed by atoms with E-state index in [2.05, 4.69) is 22.0 Å². The van der Waals surface area contributed by atoms with Gasteiger partial charge in [-0.1, -0.05) is 18.2 Å². The molecule has 0 aliphatic carbocycles. The first kappa shape index (κ1) is 13.1. The van der Waals surface area contributed by atoms with Gasteiger partial charge in [-0.05, 0) is 49.2 Å². The first-order valence-electron chi connectivity index (χ1n) is 7.22. The molecule has 3 rings (SSSR count). The number of para-hydroxylation sites is 1. The lowest BCUT2D eigenvalue weighted by Crippen LogP contribution is -2.33. The minimum atomic E-state index is 0.517. The van der Waals surface area contributed by atoms with Gasteiger partial charge in [-0.25, -0.2) is 0 Å². The Bertz CT molecular complexity index is 515. The predicted octanol–water partition coefficient (Wildman–Crippen LogP) is 3.13. The minimum absolute atomic E-state index is 0.517. The fourth-order valence-electron chi connectivity index (χ4n) is 2.72. The van der Waals surface area contributed by atoms with Gasteiger partial charge in [-0.3, -0.25) is 9.88 Å². The van der Waals surface area contributed by atoms with Crippen LogP contribution in [0.15, 0.2) is 54.9 Å². The number of benzene rings is 1. The van der Waals surface area contributed by atoms with Crippen molar-refractivity contribution < 1.29 is 4.74 Å². The lowest BCUT2D eigenvalue weighted by Gasteiger charge is -2.24. The fourth-order valence-corrected chi connectivity index (χ4v) is 2.72. The maximum atomic E-state index is 5.90. The molecule has 1 aromatic heterocycles. The molecular weight excluding hydrogens is 248 g/mol. The predicted molar refractivity (Wildman–Crippen MR) is 79.6 cm³/mol. The normalized spacial score (nSPS) is 19.1. The smallest absolute Gasteiger partial charge is 0.119 e. The Morgan fingerprint density at radius 3 is 2.70 bits per heavy atom. The molecule has 3 nitrogen and oxygen atoms in total. The quantitative estimate of drug-likeness (QED) is 0.833. The standard InChI is InChI=1S/C17H20N2O/c1-2-6-17(7-3-1)20-14-16-5-4-12-19(16)13-15-8-10-18-11-9-15/h1-3,6-11,16H,4-5,12-14H2. The monoisotopic (exact) mass is 268 g/mol. The molecule has 1 aromatic carbocycles. The number of pyridine rings is 1. The molecule has 20 heavy (non-hydrogen) atoms. The Morgan fingerprint density at radius 1 is 1.10 bits per heavy atom. The Morgan fingerprint density at radius 2 is 1.90 bits per heavy atom. The van der Waals surface area contributed by atoms with Gasteiger partial charge in [0.15, 0.2) is 0 Å². The van der Waals surface area contributed by atoms with Crippen molar-refractivity contribution >= 4 is 0 Å². The van der Waals surface area contributed by atoms with Crippen LogP contribution in [0.25, 0.3) is 0 Å². The van der Waals surface area contributed by atoms with Gasteiger partial charge in [0, 0.05) is 25.0 Å². The summed E-state index contributed by atoms with van der Waals surface area (Å²) in [6.45, 7) is 2.92. The van der Waals surface area contributed by atoms with E-state index in [-0.39, 0.29) is 0 Å². The van der Waals surface area contributed by atoms with Crippen LogP contribution in [-0.2, 0) is 6.54 Å². The van der Waals surface area contributed by atoms with E-state index in [1.54, 1.807) is 0 Å². The molecule has 1 aliphatic rings. The third kappa shape index (κ3) is 3.36. The molecule has 1 unspecified atom stereocenters. The molecule has 104 valence electrons. The third-order valence-corrected chi connectivity index (χ3v) is 3.82. The van der Waals surface area contributed by atoms with E-state index >= 15 is 0 Å². The summed E-state index contributed by atoms with van der Waals surface area (Å²) < 4.78 is 5.90. The van der Waals surface area contributed by atoms with Crippen molar-refractivity contribution in [3.8, 4) is 5.75 Å². The van der Waals surface area contributed by atoms with Gasteiger partial charge < -0.3 is 4.74 Å². The van der Waals surface area contributed by atoms with Crippen molar-refractivity contribution in [1.82, 2.24) is 9.88 Å². The van der Waals surface area contributed by atoms with Crippen LogP contribution >= 0.6 is 0 Å². The second-order valence-corrected chi connectivity index (χ2v) is 5.25. The summed E-state index contributed by atoms with van der Waals surface area (Å²) in [7, 11) is 0. The molecule has 2 aromatic rings. The summed E-state index contributed by atoms with van der Waals surface area (Å²) in [6, 6.07) is 14.8. The molecule has 0 radical (unpaired) electrons. The molecular formula is C17H20N2O. The number of hydrogen-bond acceptors (Lipinski definition) is 3. The summed E-state index contributed by atoms with van der Waals surface area (Å²) in [5, 5.41) is 0.